The fourth-order valence-corrected chi connectivity index (χ4v) is 1.18. The summed E-state index contributed by atoms with van der Waals surface area (Å²) < 4.78 is 0. The first kappa shape index (κ1) is 13.2. The summed E-state index contributed by atoms with van der Waals surface area (Å²) in [5, 5.41) is 0. The Labute approximate surface area is 87.0 Å². The number of likely N-dealkylation sites (N-methyl/N-ethyl adjacent to an activating group) is 1. The van der Waals surface area contributed by atoms with Crippen LogP contribution in [0.1, 0.15) is 33.6 Å². The third-order valence-corrected chi connectivity index (χ3v) is 2.44. The highest BCUT2D eigenvalue weighted by Crippen LogP contribution is 2.03. The Bertz CT molecular complexity index is 211. The van der Waals surface area contributed by atoms with Crippen molar-refractivity contribution in [1.82, 2.24) is 4.90 Å². The lowest BCUT2D eigenvalue weighted by molar-refractivity contribution is -0.114. The molecule has 1 amide bonds. The largest absolute Gasteiger partial charge is 0.366 e. The van der Waals surface area contributed by atoms with Gasteiger partial charge in [0.2, 0.25) is 5.91 Å². The molecule has 82 valence electrons. The second kappa shape index (κ2) is 6.60. The first-order valence-electron chi connectivity index (χ1n) is 5.17. The molecule has 14 heavy (non-hydrogen) atoms. The number of hydrogen-bond donors (Lipinski definition) is 1. The van der Waals surface area contributed by atoms with E-state index in [2.05, 4.69) is 25.8 Å². The van der Waals surface area contributed by atoms with Crippen LogP contribution in [-0.2, 0) is 4.79 Å². The van der Waals surface area contributed by atoms with Gasteiger partial charge >= 0.3 is 0 Å². The van der Waals surface area contributed by atoms with E-state index in [1.165, 1.54) is 12.8 Å². The van der Waals surface area contributed by atoms with Gasteiger partial charge in [-0.1, -0.05) is 19.4 Å². The van der Waals surface area contributed by atoms with Gasteiger partial charge in [-0.2, -0.15) is 0 Å². The van der Waals surface area contributed by atoms with Gasteiger partial charge in [-0.3, -0.25) is 4.79 Å². The maximum atomic E-state index is 10.8. The van der Waals surface area contributed by atoms with Crippen LogP contribution in [0, 0.1) is 0 Å². The molecule has 3 nitrogen and oxygen atoms in total. The normalized spacial score (nSPS) is 14.5. The molecule has 3 heteroatoms. The van der Waals surface area contributed by atoms with E-state index in [9.17, 15) is 4.79 Å². The number of hydrogen-bond acceptors (Lipinski definition) is 2. The van der Waals surface area contributed by atoms with Crippen molar-refractivity contribution in [3.63, 3.8) is 0 Å². The number of amides is 1. The van der Waals surface area contributed by atoms with Crippen LogP contribution in [0.3, 0.4) is 0 Å². The molecule has 0 radical (unpaired) electrons. The zero-order valence-electron chi connectivity index (χ0n) is 9.71. The molecule has 1 atom stereocenters. The molecule has 0 aromatic heterocycles. The summed E-state index contributed by atoms with van der Waals surface area (Å²) in [5.74, 6) is -0.333. The summed E-state index contributed by atoms with van der Waals surface area (Å²) in [6, 6.07) is 0.272. The zero-order valence-corrected chi connectivity index (χ0v) is 9.71. The highest BCUT2D eigenvalue weighted by atomic mass is 16.1. The first-order valence-corrected chi connectivity index (χ1v) is 5.17. The van der Waals surface area contributed by atoms with Gasteiger partial charge in [-0.05, 0) is 33.9 Å². The number of unbranched alkanes of at least 4 members (excludes halogenated alkanes) is 1. The van der Waals surface area contributed by atoms with Crippen molar-refractivity contribution in [2.24, 2.45) is 5.73 Å². The number of carbonyl (C=O) groups is 1. The van der Waals surface area contributed by atoms with Crippen LogP contribution >= 0.6 is 0 Å². The van der Waals surface area contributed by atoms with Crippen molar-refractivity contribution in [3.8, 4) is 0 Å². The van der Waals surface area contributed by atoms with Gasteiger partial charge in [0.1, 0.15) is 0 Å². The molecular weight excluding hydrogens is 176 g/mol. The summed E-state index contributed by atoms with van der Waals surface area (Å²) in [4.78, 5) is 13.0. The van der Waals surface area contributed by atoms with Gasteiger partial charge in [0.15, 0.2) is 0 Å². The monoisotopic (exact) mass is 198 g/mol. The van der Waals surface area contributed by atoms with Crippen molar-refractivity contribution in [2.75, 3.05) is 13.6 Å². The lowest BCUT2D eigenvalue weighted by Crippen LogP contribution is -2.29. The molecule has 0 aliphatic heterocycles. The highest BCUT2D eigenvalue weighted by Gasteiger charge is 2.07. The van der Waals surface area contributed by atoms with Gasteiger partial charge in [0, 0.05) is 11.6 Å². The minimum atomic E-state index is -0.333. The van der Waals surface area contributed by atoms with E-state index in [1.807, 2.05) is 6.08 Å². The topological polar surface area (TPSA) is 46.3 Å². The Morgan fingerprint density at radius 3 is 2.57 bits per heavy atom. The van der Waals surface area contributed by atoms with Crippen molar-refractivity contribution in [3.05, 3.63) is 11.6 Å². The SMILES string of the molecule is CCCCN(C)C(C)/C=C(\C)C(N)=O. The van der Waals surface area contributed by atoms with Crippen LogP contribution < -0.4 is 5.73 Å². The third-order valence-electron chi connectivity index (χ3n) is 2.44. The molecule has 2 N–H and O–H groups in total. The molecule has 0 bridgehead atoms. The van der Waals surface area contributed by atoms with Gasteiger partial charge in [0.25, 0.3) is 0 Å². The molecule has 0 rings (SSSR count). The van der Waals surface area contributed by atoms with Crippen LogP contribution in [0.4, 0.5) is 0 Å². The summed E-state index contributed by atoms with van der Waals surface area (Å²) in [6.07, 6.45) is 4.29. The van der Waals surface area contributed by atoms with Crippen LogP contribution in [0.25, 0.3) is 0 Å². The number of primary amides is 1. The minimum absolute atomic E-state index is 0.272. The Balaban J connectivity index is 4.11. The first-order chi connectivity index (χ1) is 6.49. The summed E-state index contributed by atoms with van der Waals surface area (Å²) >= 11 is 0. The lowest BCUT2D eigenvalue weighted by atomic mass is 10.1. The molecule has 0 aromatic carbocycles. The van der Waals surface area contributed by atoms with E-state index in [-0.39, 0.29) is 11.9 Å². The molecule has 1 unspecified atom stereocenters. The maximum absolute atomic E-state index is 10.8. The van der Waals surface area contributed by atoms with Gasteiger partial charge < -0.3 is 10.6 Å². The standard InChI is InChI=1S/C11H22N2O/c1-5-6-7-13(4)10(3)8-9(2)11(12)14/h8,10H,5-7H2,1-4H3,(H2,12,14)/b9-8+. The fourth-order valence-electron chi connectivity index (χ4n) is 1.18. The molecule has 0 aliphatic carbocycles. The van der Waals surface area contributed by atoms with Crippen LogP contribution in [-0.4, -0.2) is 30.4 Å². The Morgan fingerprint density at radius 2 is 2.14 bits per heavy atom. The number of nitrogens with zero attached hydrogens (tertiary/aromatic N) is 1. The van der Waals surface area contributed by atoms with E-state index in [4.69, 9.17) is 5.73 Å². The van der Waals surface area contributed by atoms with Crippen LogP contribution in [0.2, 0.25) is 0 Å². The van der Waals surface area contributed by atoms with E-state index in [0.29, 0.717) is 5.57 Å². The second-order valence-corrected chi connectivity index (χ2v) is 3.79. The van der Waals surface area contributed by atoms with E-state index >= 15 is 0 Å². The van der Waals surface area contributed by atoms with Crippen LogP contribution in [0.15, 0.2) is 11.6 Å². The number of nitrogens with two attached hydrogens (primary N) is 1. The Hall–Kier alpha value is -0.830. The molecule has 0 aromatic rings. The molecule has 0 fully saturated rings. The maximum Gasteiger partial charge on any atom is 0.244 e. The smallest absolute Gasteiger partial charge is 0.244 e. The lowest BCUT2D eigenvalue weighted by Gasteiger charge is -2.22. The molecule has 0 saturated heterocycles. The second-order valence-electron chi connectivity index (χ2n) is 3.79. The fraction of sp³-hybridized carbons (Fsp3) is 0.727. The van der Waals surface area contributed by atoms with E-state index in [0.717, 1.165) is 6.54 Å². The van der Waals surface area contributed by atoms with E-state index in [1.54, 1.807) is 6.92 Å². The number of rotatable bonds is 6. The van der Waals surface area contributed by atoms with Crippen molar-refractivity contribution in [1.29, 1.82) is 0 Å². The van der Waals surface area contributed by atoms with Crippen molar-refractivity contribution < 1.29 is 4.79 Å². The molecule has 0 heterocycles. The summed E-state index contributed by atoms with van der Waals surface area (Å²) in [6.45, 7) is 7.05. The Morgan fingerprint density at radius 1 is 1.57 bits per heavy atom. The summed E-state index contributed by atoms with van der Waals surface area (Å²) in [7, 11) is 2.06. The molecule has 0 aliphatic rings. The molecular formula is C11H22N2O. The quantitative estimate of drug-likeness (QED) is 0.658. The third kappa shape index (κ3) is 5.02. The van der Waals surface area contributed by atoms with Crippen molar-refractivity contribution >= 4 is 5.91 Å². The zero-order chi connectivity index (χ0) is 11.1. The van der Waals surface area contributed by atoms with Gasteiger partial charge in [-0.25, -0.2) is 0 Å². The molecule has 0 spiro atoms. The summed E-state index contributed by atoms with van der Waals surface area (Å²) in [5.41, 5.74) is 5.80. The Kier molecular flexibility index (Phi) is 6.21. The average molecular weight is 198 g/mol. The van der Waals surface area contributed by atoms with Crippen LogP contribution in [0.5, 0.6) is 0 Å². The van der Waals surface area contributed by atoms with Gasteiger partial charge in [-0.15, -0.1) is 0 Å². The van der Waals surface area contributed by atoms with Gasteiger partial charge in [0.05, 0.1) is 0 Å². The predicted molar refractivity (Wildman–Crippen MR) is 60.0 cm³/mol. The highest BCUT2D eigenvalue weighted by molar-refractivity contribution is 5.91. The van der Waals surface area contributed by atoms with E-state index < -0.39 is 0 Å². The minimum Gasteiger partial charge on any atom is -0.366 e. The number of carbonyl (C=O) groups excluding carboxylic acids is 1. The van der Waals surface area contributed by atoms with Crippen molar-refractivity contribution in [2.45, 2.75) is 39.7 Å². The molecule has 0 saturated carbocycles. The average Bonchev–Trinajstić information content (AvgIpc) is 2.13. The predicted octanol–water partition coefficient (Wildman–Crippen LogP) is 1.54.